The van der Waals surface area contributed by atoms with E-state index in [4.69, 9.17) is 10.5 Å². The molecule has 0 aliphatic carbocycles. The monoisotopic (exact) mass is 357 g/mol. The highest BCUT2D eigenvalue weighted by Crippen LogP contribution is 2.23. The highest BCUT2D eigenvalue weighted by molar-refractivity contribution is 9.10. The Kier molecular flexibility index (Phi) is 7.18. The summed E-state index contributed by atoms with van der Waals surface area (Å²) in [7, 11) is 0. The molecule has 0 spiro atoms. The molecule has 4 N–H and O–H groups in total. The van der Waals surface area contributed by atoms with Crippen molar-refractivity contribution in [1.82, 2.24) is 10.6 Å². The van der Waals surface area contributed by atoms with Crippen molar-refractivity contribution in [1.29, 1.82) is 0 Å². The molecular weight excluding hydrogens is 338 g/mol. The molecule has 1 aromatic rings. The van der Waals surface area contributed by atoms with Crippen molar-refractivity contribution in [3.05, 3.63) is 28.2 Å². The Morgan fingerprint density at radius 1 is 1.43 bits per heavy atom. The fraction of sp³-hybridized carbons (Fsp3) is 0.429. The molecule has 3 amide bonds. The van der Waals surface area contributed by atoms with Gasteiger partial charge in [-0.25, -0.2) is 4.79 Å². The molecule has 0 radical (unpaired) electrons. The van der Waals surface area contributed by atoms with Crippen LogP contribution in [-0.4, -0.2) is 24.6 Å². The lowest BCUT2D eigenvalue weighted by molar-refractivity contribution is -0.126. The quantitative estimate of drug-likeness (QED) is 0.649. The fourth-order valence-corrected chi connectivity index (χ4v) is 2.03. The third kappa shape index (κ3) is 6.14. The largest absolute Gasteiger partial charge is 0.481 e. The van der Waals surface area contributed by atoms with Gasteiger partial charge in [-0.15, -0.1) is 0 Å². The summed E-state index contributed by atoms with van der Waals surface area (Å²) >= 11 is 3.47. The van der Waals surface area contributed by atoms with Gasteiger partial charge in [0.25, 0.3) is 5.91 Å². The number of benzene rings is 1. The molecule has 0 aliphatic rings. The highest BCUT2D eigenvalue weighted by atomic mass is 79.9. The number of primary amides is 1. The van der Waals surface area contributed by atoms with Gasteiger partial charge in [0.15, 0.2) is 6.10 Å². The molecule has 0 aliphatic heterocycles. The zero-order chi connectivity index (χ0) is 15.8. The number of halogens is 1. The second-order valence-corrected chi connectivity index (χ2v) is 5.40. The molecule has 0 bridgehead atoms. The van der Waals surface area contributed by atoms with Crippen molar-refractivity contribution in [3.8, 4) is 5.75 Å². The van der Waals surface area contributed by atoms with Crippen molar-refractivity contribution in [2.45, 2.75) is 32.9 Å². The van der Waals surface area contributed by atoms with Crippen LogP contribution in [0, 0.1) is 0 Å². The Bertz CT molecular complexity index is 508. The smallest absolute Gasteiger partial charge is 0.318 e. The number of carbonyl (C=O) groups excluding carboxylic acids is 2. The lowest BCUT2D eigenvalue weighted by Gasteiger charge is -2.15. The van der Waals surface area contributed by atoms with E-state index in [-0.39, 0.29) is 0 Å². The van der Waals surface area contributed by atoms with Crippen LogP contribution < -0.4 is 21.1 Å². The van der Waals surface area contributed by atoms with E-state index in [0.717, 1.165) is 23.0 Å². The number of rotatable bonds is 7. The Balaban J connectivity index is 2.68. The minimum atomic E-state index is -0.893. The standard InChI is InChI=1S/C14H20BrN3O3/c1-3-6-17-8-10-7-11(4-5-12(10)15)21-9(2)13(19)18-14(16)20/h4-5,7,9,17H,3,6,8H2,1-2H3,(H3,16,18,19,20). The summed E-state index contributed by atoms with van der Waals surface area (Å²) in [5.41, 5.74) is 5.93. The third-order valence-electron chi connectivity index (χ3n) is 2.69. The van der Waals surface area contributed by atoms with E-state index in [1.165, 1.54) is 0 Å². The molecule has 7 heteroatoms. The minimum Gasteiger partial charge on any atom is -0.481 e. The number of imide groups is 1. The maximum atomic E-state index is 11.6. The summed E-state index contributed by atoms with van der Waals surface area (Å²) in [6.07, 6.45) is 0.244. The lowest BCUT2D eigenvalue weighted by atomic mass is 10.2. The van der Waals surface area contributed by atoms with E-state index in [0.29, 0.717) is 12.3 Å². The van der Waals surface area contributed by atoms with E-state index < -0.39 is 18.0 Å². The second kappa shape index (κ2) is 8.63. The Labute approximate surface area is 132 Å². The number of ether oxygens (including phenoxy) is 1. The molecule has 6 nitrogen and oxygen atoms in total. The molecule has 1 atom stereocenters. The average molecular weight is 358 g/mol. The normalized spacial score (nSPS) is 11.8. The minimum absolute atomic E-state index is 0.554. The first-order chi connectivity index (χ1) is 9.93. The topological polar surface area (TPSA) is 93.4 Å². The summed E-state index contributed by atoms with van der Waals surface area (Å²) in [6.45, 7) is 5.28. The van der Waals surface area contributed by atoms with Gasteiger partial charge in [-0.2, -0.15) is 0 Å². The van der Waals surface area contributed by atoms with Crippen LogP contribution in [0.1, 0.15) is 25.8 Å². The van der Waals surface area contributed by atoms with E-state index in [1.54, 1.807) is 13.0 Å². The molecule has 21 heavy (non-hydrogen) atoms. The highest BCUT2D eigenvalue weighted by Gasteiger charge is 2.16. The van der Waals surface area contributed by atoms with Crippen LogP contribution in [0.4, 0.5) is 4.79 Å². The number of amides is 3. The molecular formula is C14H20BrN3O3. The number of carbonyl (C=O) groups is 2. The van der Waals surface area contributed by atoms with Gasteiger partial charge in [0.1, 0.15) is 5.75 Å². The summed E-state index contributed by atoms with van der Waals surface area (Å²) in [5.74, 6) is -0.0188. The van der Waals surface area contributed by atoms with E-state index in [1.807, 2.05) is 17.4 Å². The molecule has 0 saturated heterocycles. The van der Waals surface area contributed by atoms with E-state index >= 15 is 0 Å². The van der Waals surface area contributed by atoms with Crippen LogP contribution in [0.2, 0.25) is 0 Å². The first kappa shape index (κ1) is 17.5. The van der Waals surface area contributed by atoms with Crippen LogP contribution in [0.5, 0.6) is 5.75 Å². The molecule has 0 saturated carbocycles. The van der Waals surface area contributed by atoms with Gasteiger partial charge in [-0.1, -0.05) is 22.9 Å². The molecule has 116 valence electrons. The molecule has 1 aromatic carbocycles. The molecule has 1 rings (SSSR count). The SMILES string of the molecule is CCCNCc1cc(OC(C)C(=O)NC(N)=O)ccc1Br. The first-order valence-electron chi connectivity index (χ1n) is 6.70. The number of hydrogen-bond donors (Lipinski definition) is 3. The predicted octanol–water partition coefficient (Wildman–Crippen LogP) is 1.91. The van der Waals surface area contributed by atoms with Crippen LogP contribution in [-0.2, 0) is 11.3 Å². The van der Waals surface area contributed by atoms with E-state index in [9.17, 15) is 9.59 Å². The molecule has 0 heterocycles. The van der Waals surface area contributed by atoms with Gasteiger partial charge >= 0.3 is 6.03 Å². The Morgan fingerprint density at radius 3 is 2.76 bits per heavy atom. The molecule has 1 unspecified atom stereocenters. The predicted molar refractivity (Wildman–Crippen MR) is 84.0 cm³/mol. The van der Waals surface area contributed by atoms with Gasteiger partial charge in [0.2, 0.25) is 0 Å². The second-order valence-electron chi connectivity index (χ2n) is 4.54. The number of hydrogen-bond acceptors (Lipinski definition) is 4. The van der Waals surface area contributed by atoms with Crippen LogP contribution in [0.3, 0.4) is 0 Å². The fourth-order valence-electron chi connectivity index (χ4n) is 1.64. The van der Waals surface area contributed by atoms with Gasteiger partial charge in [0.05, 0.1) is 0 Å². The van der Waals surface area contributed by atoms with Crippen molar-refractivity contribution in [3.63, 3.8) is 0 Å². The van der Waals surface area contributed by atoms with Gasteiger partial charge < -0.3 is 15.8 Å². The van der Waals surface area contributed by atoms with Gasteiger partial charge in [-0.3, -0.25) is 10.1 Å². The van der Waals surface area contributed by atoms with Crippen molar-refractivity contribution >= 4 is 27.9 Å². The van der Waals surface area contributed by atoms with Crippen LogP contribution in [0.25, 0.3) is 0 Å². The zero-order valence-corrected chi connectivity index (χ0v) is 13.7. The van der Waals surface area contributed by atoms with Gasteiger partial charge in [-0.05, 0) is 43.7 Å². The Morgan fingerprint density at radius 2 is 2.14 bits per heavy atom. The summed E-state index contributed by atoms with van der Waals surface area (Å²) in [5, 5.41) is 5.28. The average Bonchev–Trinajstić information content (AvgIpc) is 2.41. The summed E-state index contributed by atoms with van der Waals surface area (Å²) in [6, 6.07) is 4.56. The maximum Gasteiger partial charge on any atom is 0.318 e. The number of urea groups is 1. The first-order valence-corrected chi connectivity index (χ1v) is 7.49. The van der Waals surface area contributed by atoms with Gasteiger partial charge in [0, 0.05) is 11.0 Å². The number of nitrogens with one attached hydrogen (secondary N) is 2. The lowest BCUT2D eigenvalue weighted by Crippen LogP contribution is -2.42. The molecule has 0 fully saturated rings. The van der Waals surface area contributed by atoms with Crippen molar-refractivity contribution < 1.29 is 14.3 Å². The van der Waals surface area contributed by atoms with Crippen molar-refractivity contribution in [2.75, 3.05) is 6.54 Å². The van der Waals surface area contributed by atoms with Crippen LogP contribution in [0.15, 0.2) is 22.7 Å². The third-order valence-corrected chi connectivity index (χ3v) is 3.46. The molecule has 0 aromatic heterocycles. The summed E-state index contributed by atoms with van der Waals surface area (Å²) in [4.78, 5) is 22.2. The number of nitrogens with two attached hydrogens (primary N) is 1. The Hall–Kier alpha value is -1.60. The van der Waals surface area contributed by atoms with Crippen molar-refractivity contribution in [2.24, 2.45) is 5.73 Å². The maximum absolute atomic E-state index is 11.6. The van der Waals surface area contributed by atoms with Crippen LogP contribution >= 0.6 is 15.9 Å². The van der Waals surface area contributed by atoms with E-state index in [2.05, 4.69) is 28.2 Å². The summed E-state index contributed by atoms with van der Waals surface area (Å²) < 4.78 is 6.48. The zero-order valence-electron chi connectivity index (χ0n) is 12.1.